The van der Waals surface area contributed by atoms with Crippen LogP contribution in [0.5, 0.6) is 0 Å². The lowest BCUT2D eigenvalue weighted by Crippen LogP contribution is -2.38. The summed E-state index contributed by atoms with van der Waals surface area (Å²) >= 11 is 0. The lowest BCUT2D eigenvalue weighted by Gasteiger charge is -2.32. The molecule has 0 saturated carbocycles. The molecule has 1 fully saturated rings. The van der Waals surface area contributed by atoms with Crippen molar-refractivity contribution >= 4 is 23.0 Å². The Labute approximate surface area is 165 Å². The highest BCUT2D eigenvalue weighted by atomic mass is 19.4. The molecule has 6 nitrogen and oxygen atoms in total. The molecule has 0 spiro atoms. The molecule has 0 aromatic heterocycles. The van der Waals surface area contributed by atoms with Gasteiger partial charge in [-0.15, -0.1) is 0 Å². The lowest BCUT2D eigenvalue weighted by atomic mass is 9.95. The first-order valence-corrected chi connectivity index (χ1v) is 9.13. The average Bonchev–Trinajstić information content (AvgIpc) is 2.68. The first-order valence-electron chi connectivity index (χ1n) is 9.13. The van der Waals surface area contributed by atoms with Crippen molar-refractivity contribution in [2.75, 3.05) is 23.3 Å². The van der Waals surface area contributed by atoms with Gasteiger partial charge in [-0.2, -0.15) is 13.2 Å². The summed E-state index contributed by atoms with van der Waals surface area (Å²) in [5, 5.41) is 14.1. The predicted octanol–water partition coefficient (Wildman–Crippen LogP) is 4.78. The molecule has 1 heterocycles. The molecular weight excluding hydrogens is 387 g/mol. The highest BCUT2D eigenvalue weighted by molar-refractivity contribution is 5.92. The summed E-state index contributed by atoms with van der Waals surface area (Å²) in [5.74, 6) is -0.392. The summed E-state index contributed by atoms with van der Waals surface area (Å²) in [7, 11) is 0. The Balaban J connectivity index is 1.68. The number of rotatable bonds is 4. The average molecular weight is 407 g/mol. The van der Waals surface area contributed by atoms with Crippen molar-refractivity contribution in [2.45, 2.75) is 25.9 Å². The van der Waals surface area contributed by atoms with Crippen molar-refractivity contribution < 1.29 is 22.9 Å². The van der Waals surface area contributed by atoms with E-state index in [1.807, 2.05) is 31.2 Å². The maximum absolute atomic E-state index is 12.9. The van der Waals surface area contributed by atoms with Crippen molar-refractivity contribution in [3.63, 3.8) is 0 Å². The molecule has 0 aliphatic carbocycles. The van der Waals surface area contributed by atoms with Gasteiger partial charge in [-0.3, -0.25) is 14.9 Å². The van der Waals surface area contributed by atoms with Crippen molar-refractivity contribution in [1.29, 1.82) is 0 Å². The molecular formula is C20H20F3N3O3. The van der Waals surface area contributed by atoms with Crippen molar-refractivity contribution in [1.82, 2.24) is 0 Å². The van der Waals surface area contributed by atoms with E-state index < -0.39 is 22.4 Å². The van der Waals surface area contributed by atoms with Gasteiger partial charge in [-0.25, -0.2) is 0 Å². The number of halogens is 3. The molecule has 2 aromatic rings. The number of nitro groups is 1. The van der Waals surface area contributed by atoms with E-state index in [9.17, 15) is 28.1 Å². The number of aryl methyl sites for hydroxylation is 1. The van der Waals surface area contributed by atoms with Gasteiger partial charge in [0.2, 0.25) is 5.91 Å². The molecule has 154 valence electrons. The van der Waals surface area contributed by atoms with Gasteiger partial charge in [0.15, 0.2) is 0 Å². The minimum atomic E-state index is -4.65. The van der Waals surface area contributed by atoms with Crippen LogP contribution in [0.15, 0.2) is 42.5 Å². The summed E-state index contributed by atoms with van der Waals surface area (Å²) in [4.78, 5) is 24.6. The first kappa shape index (κ1) is 20.6. The molecule has 1 aliphatic rings. The van der Waals surface area contributed by atoms with E-state index in [0.717, 1.165) is 17.7 Å². The number of nitrogens with zero attached hydrogens (tertiary/aromatic N) is 2. The van der Waals surface area contributed by atoms with Crippen molar-refractivity contribution in [2.24, 2.45) is 5.92 Å². The highest BCUT2D eigenvalue weighted by Crippen LogP contribution is 2.37. The molecule has 29 heavy (non-hydrogen) atoms. The highest BCUT2D eigenvalue weighted by Gasteiger charge is 2.34. The van der Waals surface area contributed by atoms with E-state index >= 15 is 0 Å². The normalized spacial score (nSPS) is 15.2. The monoisotopic (exact) mass is 407 g/mol. The van der Waals surface area contributed by atoms with Crippen molar-refractivity contribution in [3.05, 3.63) is 63.7 Å². The molecule has 1 aliphatic heterocycles. The minimum Gasteiger partial charge on any atom is -0.366 e. The predicted molar refractivity (Wildman–Crippen MR) is 103 cm³/mol. The zero-order valence-electron chi connectivity index (χ0n) is 15.7. The van der Waals surface area contributed by atoms with Crippen LogP contribution in [0.3, 0.4) is 0 Å². The van der Waals surface area contributed by atoms with E-state index in [4.69, 9.17) is 0 Å². The van der Waals surface area contributed by atoms with E-state index in [1.54, 1.807) is 4.90 Å². The molecule has 0 bridgehead atoms. The molecule has 0 unspecified atom stereocenters. The second-order valence-corrected chi connectivity index (χ2v) is 7.07. The van der Waals surface area contributed by atoms with Crippen LogP contribution in [-0.2, 0) is 11.0 Å². The third-order valence-corrected chi connectivity index (χ3v) is 5.02. The van der Waals surface area contributed by atoms with E-state index in [2.05, 4.69) is 5.32 Å². The number of hydrogen-bond acceptors (Lipinski definition) is 4. The zero-order valence-corrected chi connectivity index (χ0v) is 15.7. The Bertz CT molecular complexity index is 905. The van der Waals surface area contributed by atoms with Crippen LogP contribution in [0.4, 0.5) is 30.2 Å². The van der Waals surface area contributed by atoms with Gasteiger partial charge in [0.25, 0.3) is 5.69 Å². The molecule has 1 saturated heterocycles. The Hall–Kier alpha value is -3.10. The molecule has 0 radical (unpaired) electrons. The standard InChI is InChI=1S/C20H20F3N3O3/c1-13-2-5-16(6-3-13)24-19(27)14-8-10-25(11-9-14)17-7-4-15(20(21,22)23)12-18(17)26(28)29/h2-7,12,14H,8-11H2,1H3,(H,24,27). The van der Waals surface area contributed by atoms with Crippen LogP contribution in [0.1, 0.15) is 24.0 Å². The summed E-state index contributed by atoms with van der Waals surface area (Å²) in [5.41, 5.74) is 0.277. The van der Waals surface area contributed by atoms with Crippen LogP contribution in [0.2, 0.25) is 0 Å². The van der Waals surface area contributed by atoms with Gasteiger partial charge < -0.3 is 10.2 Å². The number of piperidine rings is 1. The molecule has 1 amide bonds. The summed E-state index contributed by atoms with van der Waals surface area (Å²) < 4.78 is 38.6. The van der Waals surface area contributed by atoms with Gasteiger partial charge in [-0.1, -0.05) is 17.7 Å². The van der Waals surface area contributed by atoms with Crippen LogP contribution in [-0.4, -0.2) is 23.9 Å². The topological polar surface area (TPSA) is 75.5 Å². The maximum Gasteiger partial charge on any atom is 0.416 e. The molecule has 1 N–H and O–H groups in total. The van der Waals surface area contributed by atoms with Gasteiger partial charge in [0.1, 0.15) is 5.69 Å². The molecule has 9 heteroatoms. The van der Waals surface area contributed by atoms with Gasteiger partial charge in [0.05, 0.1) is 10.5 Å². The van der Waals surface area contributed by atoms with E-state index in [1.165, 1.54) is 0 Å². The number of carbonyl (C=O) groups is 1. The maximum atomic E-state index is 12.9. The summed E-state index contributed by atoms with van der Waals surface area (Å²) in [6.45, 7) is 2.64. The SMILES string of the molecule is Cc1ccc(NC(=O)C2CCN(c3ccc(C(F)(F)F)cc3[N+](=O)[O-])CC2)cc1. The Morgan fingerprint density at radius 3 is 2.31 bits per heavy atom. The van der Waals surface area contributed by atoms with Crippen LogP contribution >= 0.6 is 0 Å². The molecule has 2 aromatic carbocycles. The van der Waals surface area contributed by atoms with Crippen LogP contribution in [0.25, 0.3) is 0 Å². The Morgan fingerprint density at radius 1 is 1.14 bits per heavy atom. The molecule has 3 rings (SSSR count). The number of carbonyl (C=O) groups excluding carboxylic acids is 1. The number of nitro benzene ring substituents is 1. The third-order valence-electron chi connectivity index (χ3n) is 5.02. The van der Waals surface area contributed by atoms with Crippen LogP contribution in [0, 0.1) is 23.0 Å². The quantitative estimate of drug-likeness (QED) is 0.585. The van der Waals surface area contributed by atoms with Crippen LogP contribution < -0.4 is 10.2 Å². The fourth-order valence-electron chi connectivity index (χ4n) is 3.38. The summed E-state index contributed by atoms with van der Waals surface area (Å²) in [6, 6.07) is 9.95. The number of hydrogen-bond donors (Lipinski definition) is 1. The van der Waals surface area contributed by atoms with Gasteiger partial charge in [0, 0.05) is 30.8 Å². The number of anilines is 2. The summed E-state index contributed by atoms with van der Waals surface area (Å²) in [6.07, 6.45) is -3.74. The first-order chi connectivity index (χ1) is 13.6. The van der Waals surface area contributed by atoms with Crippen molar-refractivity contribution in [3.8, 4) is 0 Å². The molecule has 0 atom stereocenters. The largest absolute Gasteiger partial charge is 0.416 e. The lowest BCUT2D eigenvalue weighted by molar-refractivity contribution is -0.384. The number of amides is 1. The number of alkyl halides is 3. The Morgan fingerprint density at radius 2 is 1.76 bits per heavy atom. The Kier molecular flexibility index (Phi) is 5.76. The minimum absolute atomic E-state index is 0.129. The van der Waals surface area contributed by atoms with Gasteiger partial charge in [-0.05, 0) is 44.0 Å². The smallest absolute Gasteiger partial charge is 0.366 e. The zero-order chi connectivity index (χ0) is 21.2. The second-order valence-electron chi connectivity index (χ2n) is 7.07. The van der Waals surface area contributed by atoms with E-state index in [-0.39, 0.29) is 17.5 Å². The number of nitrogens with one attached hydrogen (secondary N) is 1. The third kappa shape index (κ3) is 4.85. The fourth-order valence-corrected chi connectivity index (χ4v) is 3.38. The number of benzene rings is 2. The second kappa shape index (κ2) is 8.10. The van der Waals surface area contributed by atoms with E-state index in [0.29, 0.717) is 37.7 Å². The van der Waals surface area contributed by atoms with Gasteiger partial charge >= 0.3 is 6.18 Å². The fraction of sp³-hybridized carbons (Fsp3) is 0.350.